The van der Waals surface area contributed by atoms with E-state index in [2.05, 4.69) is 6.07 Å². The van der Waals surface area contributed by atoms with Crippen LogP contribution in [-0.2, 0) is 9.59 Å². The third kappa shape index (κ3) is 2.50. The normalized spacial score (nSPS) is 31.7. The highest BCUT2D eigenvalue weighted by molar-refractivity contribution is 5.94. The lowest BCUT2D eigenvalue weighted by atomic mass is 9.58. The Balaban J connectivity index is 1.93. The smallest absolute Gasteiger partial charge is 0.307 e. The Kier molecular flexibility index (Phi) is 4.99. The number of fused-ring (bicyclic) bond motifs is 1. The maximum Gasteiger partial charge on any atom is 0.307 e. The van der Waals surface area contributed by atoms with Crippen LogP contribution in [-0.4, -0.2) is 23.4 Å². The van der Waals surface area contributed by atoms with Crippen molar-refractivity contribution in [1.29, 1.82) is 5.26 Å². The van der Waals surface area contributed by atoms with Crippen molar-refractivity contribution in [3.63, 3.8) is 0 Å². The molecule has 0 spiro atoms. The molecule has 5 nitrogen and oxygen atoms in total. The van der Waals surface area contributed by atoms with Gasteiger partial charge in [0.15, 0.2) is 5.78 Å². The summed E-state index contributed by atoms with van der Waals surface area (Å²) >= 11 is 0. The van der Waals surface area contributed by atoms with Gasteiger partial charge in [0.05, 0.1) is 18.5 Å². The molecular formula is C25H26N2O3. The summed E-state index contributed by atoms with van der Waals surface area (Å²) < 4.78 is 0. The zero-order chi connectivity index (χ0) is 21.5. The van der Waals surface area contributed by atoms with Gasteiger partial charge in [-0.05, 0) is 35.8 Å². The molecule has 0 heterocycles. The van der Waals surface area contributed by atoms with Gasteiger partial charge in [-0.3, -0.25) is 9.59 Å². The molecule has 3 N–H and O–H groups in total. The number of ketones is 1. The largest absolute Gasteiger partial charge is 0.481 e. The van der Waals surface area contributed by atoms with Gasteiger partial charge in [-0.2, -0.15) is 5.26 Å². The number of nitriles is 1. The van der Waals surface area contributed by atoms with E-state index in [1.54, 1.807) is 0 Å². The maximum absolute atomic E-state index is 13.4. The molecule has 2 aromatic rings. The molecule has 2 fully saturated rings. The van der Waals surface area contributed by atoms with E-state index >= 15 is 0 Å². The van der Waals surface area contributed by atoms with Gasteiger partial charge in [-0.15, -0.1) is 0 Å². The Hall–Kier alpha value is -2.97. The average Bonchev–Trinajstić information content (AvgIpc) is 3.35. The number of Topliss-reactive ketones (excluding diaryl/α,β-unsaturated/α-hetero) is 1. The van der Waals surface area contributed by atoms with Gasteiger partial charge >= 0.3 is 5.97 Å². The molecule has 2 saturated carbocycles. The summed E-state index contributed by atoms with van der Waals surface area (Å²) in [5.74, 6) is -2.62. The van der Waals surface area contributed by atoms with Crippen LogP contribution in [0.25, 0.3) is 0 Å². The van der Waals surface area contributed by atoms with Crippen molar-refractivity contribution in [1.82, 2.24) is 0 Å². The molecule has 0 amide bonds. The van der Waals surface area contributed by atoms with Crippen LogP contribution in [0.15, 0.2) is 60.7 Å². The first-order valence-electron chi connectivity index (χ1n) is 10.5. The third-order valence-electron chi connectivity index (χ3n) is 7.68. The van der Waals surface area contributed by atoms with Crippen LogP contribution in [0.1, 0.15) is 36.8 Å². The van der Waals surface area contributed by atoms with Gasteiger partial charge in [0.1, 0.15) is 5.41 Å². The minimum absolute atomic E-state index is 0.185. The van der Waals surface area contributed by atoms with Gasteiger partial charge in [0.2, 0.25) is 0 Å². The molecule has 5 atom stereocenters. The first-order valence-corrected chi connectivity index (χ1v) is 10.5. The summed E-state index contributed by atoms with van der Waals surface area (Å²) in [6.07, 6.45) is 0.999. The van der Waals surface area contributed by atoms with Crippen LogP contribution >= 0.6 is 0 Å². The highest BCUT2D eigenvalue weighted by Crippen LogP contribution is 2.81. The lowest BCUT2D eigenvalue weighted by Crippen LogP contribution is -2.49. The number of hydrogen-bond donors (Lipinski definition) is 2. The third-order valence-corrected chi connectivity index (χ3v) is 7.68. The summed E-state index contributed by atoms with van der Waals surface area (Å²) in [6, 6.07) is 22.1. The highest BCUT2D eigenvalue weighted by atomic mass is 16.4. The topological polar surface area (TPSA) is 104 Å². The van der Waals surface area contributed by atoms with Crippen molar-refractivity contribution in [3.8, 4) is 6.07 Å². The Morgan fingerprint density at radius 1 is 1.13 bits per heavy atom. The van der Waals surface area contributed by atoms with Crippen molar-refractivity contribution >= 4 is 11.8 Å². The van der Waals surface area contributed by atoms with E-state index in [9.17, 15) is 20.0 Å². The van der Waals surface area contributed by atoms with Crippen LogP contribution in [0, 0.1) is 39.9 Å². The summed E-state index contributed by atoms with van der Waals surface area (Å²) in [7, 11) is 0. The van der Waals surface area contributed by atoms with E-state index in [-0.39, 0.29) is 30.1 Å². The fourth-order valence-corrected chi connectivity index (χ4v) is 6.59. The van der Waals surface area contributed by atoms with Crippen molar-refractivity contribution in [2.75, 3.05) is 6.54 Å². The zero-order valence-corrected chi connectivity index (χ0v) is 17.0. The number of nitrogens with two attached hydrogens (primary N) is 1. The Labute approximate surface area is 176 Å². The Morgan fingerprint density at radius 3 is 2.07 bits per heavy atom. The summed E-state index contributed by atoms with van der Waals surface area (Å²) in [5, 5.41) is 20.3. The van der Waals surface area contributed by atoms with Crippen LogP contribution < -0.4 is 5.73 Å². The fourth-order valence-electron chi connectivity index (χ4n) is 6.59. The molecule has 0 saturated heterocycles. The maximum atomic E-state index is 13.4. The van der Waals surface area contributed by atoms with E-state index < -0.39 is 22.7 Å². The number of benzene rings is 2. The van der Waals surface area contributed by atoms with Crippen molar-refractivity contribution < 1.29 is 14.7 Å². The predicted octanol–water partition coefficient (Wildman–Crippen LogP) is 3.60. The number of carboxylic acid groups (broad SMARTS) is 1. The van der Waals surface area contributed by atoms with E-state index in [0.717, 1.165) is 11.1 Å². The van der Waals surface area contributed by atoms with E-state index in [4.69, 9.17) is 5.73 Å². The average molecular weight is 402 g/mol. The van der Waals surface area contributed by atoms with E-state index in [1.807, 2.05) is 67.6 Å². The predicted molar refractivity (Wildman–Crippen MR) is 112 cm³/mol. The molecule has 4 rings (SSSR count). The number of carboxylic acids is 1. The summed E-state index contributed by atoms with van der Waals surface area (Å²) in [4.78, 5) is 25.4. The number of hydrogen-bond acceptors (Lipinski definition) is 4. The first kappa shape index (κ1) is 20.3. The van der Waals surface area contributed by atoms with Crippen LogP contribution in [0.4, 0.5) is 0 Å². The SMILES string of the molecule is CCC12C(CC(C(c3ccccc3)c3ccccc3)C1(C#N)C(=O)CN)C2C(=O)O. The molecular weight excluding hydrogens is 376 g/mol. The molecule has 2 aliphatic carbocycles. The van der Waals surface area contributed by atoms with Gasteiger partial charge < -0.3 is 10.8 Å². The minimum Gasteiger partial charge on any atom is -0.481 e. The number of nitrogens with zero attached hydrogens (tertiary/aromatic N) is 1. The van der Waals surface area contributed by atoms with Gasteiger partial charge in [0, 0.05) is 11.3 Å². The number of carbonyl (C=O) groups is 2. The van der Waals surface area contributed by atoms with Gasteiger partial charge in [-0.25, -0.2) is 0 Å². The van der Waals surface area contributed by atoms with Crippen molar-refractivity contribution in [2.45, 2.75) is 25.7 Å². The molecule has 5 heteroatoms. The molecule has 30 heavy (non-hydrogen) atoms. The van der Waals surface area contributed by atoms with Crippen molar-refractivity contribution in [2.24, 2.45) is 34.3 Å². The Bertz CT molecular complexity index is 961. The molecule has 5 unspecified atom stereocenters. The highest BCUT2D eigenvalue weighted by Gasteiger charge is 2.84. The summed E-state index contributed by atoms with van der Waals surface area (Å²) in [5.41, 5.74) is 5.60. The standard InChI is InChI=1S/C25H26N2O3/c1-2-24-19(22(24)23(29)30)13-18(25(24,15-27)20(28)14-26)21(16-9-5-3-6-10-16)17-11-7-4-8-12-17/h3-12,18-19,21-22H,2,13-14,26H2,1H3,(H,29,30). The van der Waals surface area contributed by atoms with Gasteiger partial charge in [0.25, 0.3) is 0 Å². The second-order valence-corrected chi connectivity index (χ2v) is 8.50. The molecule has 154 valence electrons. The van der Waals surface area contributed by atoms with E-state index in [1.165, 1.54) is 0 Å². The van der Waals surface area contributed by atoms with Gasteiger partial charge in [-0.1, -0.05) is 67.6 Å². The molecule has 2 aliphatic rings. The lowest BCUT2D eigenvalue weighted by Gasteiger charge is -2.41. The lowest BCUT2D eigenvalue weighted by molar-refractivity contribution is -0.142. The zero-order valence-electron chi connectivity index (χ0n) is 17.0. The van der Waals surface area contributed by atoms with Crippen LogP contribution in [0.5, 0.6) is 0 Å². The van der Waals surface area contributed by atoms with Crippen LogP contribution in [0.2, 0.25) is 0 Å². The monoisotopic (exact) mass is 402 g/mol. The fraction of sp³-hybridized carbons (Fsp3) is 0.400. The molecule has 0 aromatic heterocycles. The first-order chi connectivity index (χ1) is 14.5. The Morgan fingerprint density at radius 2 is 1.67 bits per heavy atom. The molecule has 0 bridgehead atoms. The molecule has 2 aromatic carbocycles. The second-order valence-electron chi connectivity index (χ2n) is 8.50. The van der Waals surface area contributed by atoms with Crippen molar-refractivity contribution in [3.05, 3.63) is 71.8 Å². The van der Waals surface area contributed by atoms with E-state index in [0.29, 0.717) is 12.8 Å². The molecule has 0 radical (unpaired) electrons. The molecule has 0 aliphatic heterocycles. The number of rotatable bonds is 7. The quantitative estimate of drug-likeness (QED) is 0.736. The minimum atomic E-state index is -1.42. The second kappa shape index (κ2) is 7.37. The summed E-state index contributed by atoms with van der Waals surface area (Å²) in [6.45, 7) is 1.63. The van der Waals surface area contributed by atoms with Crippen LogP contribution in [0.3, 0.4) is 0 Å². The number of aliphatic carboxylic acids is 1. The number of carbonyl (C=O) groups excluding carboxylic acids is 1.